The van der Waals surface area contributed by atoms with Crippen molar-refractivity contribution in [2.24, 2.45) is 5.92 Å². The molecule has 0 aromatic carbocycles. The summed E-state index contributed by atoms with van der Waals surface area (Å²) in [5.74, 6) is 0.0820. The van der Waals surface area contributed by atoms with Crippen LogP contribution in [0.5, 0.6) is 0 Å². The number of rotatable bonds is 6. The lowest BCUT2D eigenvalue weighted by Gasteiger charge is -2.18. The molecule has 0 saturated carbocycles. The predicted molar refractivity (Wildman–Crippen MR) is 50.3 cm³/mol. The van der Waals surface area contributed by atoms with Crippen molar-refractivity contribution in [3.8, 4) is 0 Å². The van der Waals surface area contributed by atoms with E-state index in [1.54, 1.807) is 0 Å². The molecule has 2 atom stereocenters. The van der Waals surface area contributed by atoms with Crippen LogP contribution >= 0.6 is 0 Å². The van der Waals surface area contributed by atoms with Crippen molar-refractivity contribution in [2.75, 3.05) is 0 Å². The third-order valence-electron chi connectivity index (χ3n) is 2.13. The van der Waals surface area contributed by atoms with Crippen molar-refractivity contribution in [3.63, 3.8) is 0 Å². The molecule has 3 nitrogen and oxygen atoms in total. The van der Waals surface area contributed by atoms with Gasteiger partial charge in [0.25, 0.3) is 0 Å². The summed E-state index contributed by atoms with van der Waals surface area (Å²) in [6.45, 7) is 5.32. The molecular weight excluding hydrogens is 168 g/mol. The molecule has 0 saturated heterocycles. The first-order valence-electron chi connectivity index (χ1n) is 4.68. The summed E-state index contributed by atoms with van der Waals surface area (Å²) in [4.78, 5) is 20.7. The lowest BCUT2D eigenvalue weighted by molar-refractivity contribution is -0.147. The van der Waals surface area contributed by atoms with Gasteiger partial charge in [0.05, 0.1) is 0 Å². The summed E-state index contributed by atoms with van der Waals surface area (Å²) < 4.78 is 5.02. The maximum atomic E-state index is 10.6. The van der Waals surface area contributed by atoms with Crippen LogP contribution in [0.4, 0.5) is 0 Å². The number of aldehydes is 1. The second-order valence-electron chi connectivity index (χ2n) is 3.39. The Morgan fingerprint density at radius 1 is 1.46 bits per heavy atom. The van der Waals surface area contributed by atoms with Gasteiger partial charge in [-0.2, -0.15) is 0 Å². The van der Waals surface area contributed by atoms with Gasteiger partial charge in [0.15, 0.2) is 0 Å². The second kappa shape index (κ2) is 6.63. The maximum absolute atomic E-state index is 10.6. The molecule has 0 aliphatic carbocycles. The molecule has 0 fully saturated rings. The van der Waals surface area contributed by atoms with Crippen LogP contribution in [0.2, 0.25) is 0 Å². The van der Waals surface area contributed by atoms with Crippen LogP contribution in [-0.2, 0) is 14.3 Å². The van der Waals surface area contributed by atoms with Gasteiger partial charge in [0.1, 0.15) is 12.4 Å². The third-order valence-corrected chi connectivity index (χ3v) is 2.13. The monoisotopic (exact) mass is 186 g/mol. The zero-order chi connectivity index (χ0) is 10.3. The minimum absolute atomic E-state index is 0.0517. The van der Waals surface area contributed by atoms with Gasteiger partial charge in [-0.25, -0.2) is 0 Å². The van der Waals surface area contributed by atoms with Crippen LogP contribution in [0.3, 0.4) is 0 Å². The number of ether oxygens (including phenoxy) is 1. The summed E-state index contributed by atoms with van der Waals surface area (Å²) in [6, 6.07) is 0. The van der Waals surface area contributed by atoms with E-state index in [0.717, 1.165) is 19.1 Å². The van der Waals surface area contributed by atoms with Crippen LogP contribution in [0.1, 0.15) is 40.0 Å². The van der Waals surface area contributed by atoms with E-state index < -0.39 is 0 Å². The van der Waals surface area contributed by atoms with E-state index in [2.05, 4.69) is 0 Å². The van der Waals surface area contributed by atoms with E-state index in [1.165, 1.54) is 6.92 Å². The van der Waals surface area contributed by atoms with Gasteiger partial charge in [-0.05, 0) is 25.7 Å². The summed E-state index contributed by atoms with van der Waals surface area (Å²) in [5, 5.41) is 0. The molecule has 0 rings (SSSR count). The number of unbranched alkanes of at least 4 members (excludes halogenated alkanes) is 1. The number of esters is 1. The molecule has 2 unspecified atom stereocenters. The standard InChI is InChI=1S/C10H18O3/c1-8(6-4-5-7-11)9(2)13-10(3)12/h7-9H,4-6H2,1-3H3. The highest BCUT2D eigenvalue weighted by Gasteiger charge is 2.13. The third kappa shape index (κ3) is 6.31. The lowest BCUT2D eigenvalue weighted by atomic mass is 9.99. The SMILES string of the molecule is CC(=O)OC(C)C(C)CCCC=O. The second-order valence-corrected chi connectivity index (χ2v) is 3.39. The number of hydrogen-bond donors (Lipinski definition) is 0. The van der Waals surface area contributed by atoms with Gasteiger partial charge in [-0.1, -0.05) is 6.92 Å². The van der Waals surface area contributed by atoms with Crippen LogP contribution in [0.25, 0.3) is 0 Å². The molecule has 0 aromatic heterocycles. The molecule has 0 radical (unpaired) electrons. The summed E-state index contributed by atoms with van der Waals surface area (Å²) in [7, 11) is 0. The quantitative estimate of drug-likeness (QED) is 0.362. The van der Waals surface area contributed by atoms with E-state index >= 15 is 0 Å². The fourth-order valence-corrected chi connectivity index (χ4v) is 1.14. The predicted octanol–water partition coefficient (Wildman–Crippen LogP) is 1.94. The molecule has 0 aliphatic rings. The fourth-order valence-electron chi connectivity index (χ4n) is 1.14. The van der Waals surface area contributed by atoms with Crippen molar-refractivity contribution < 1.29 is 14.3 Å². The van der Waals surface area contributed by atoms with Crippen molar-refractivity contribution in [3.05, 3.63) is 0 Å². The van der Waals surface area contributed by atoms with Crippen LogP contribution < -0.4 is 0 Å². The average Bonchev–Trinajstić information content (AvgIpc) is 2.03. The van der Waals surface area contributed by atoms with Gasteiger partial charge in [-0.3, -0.25) is 4.79 Å². The average molecular weight is 186 g/mol. The summed E-state index contributed by atoms with van der Waals surface area (Å²) >= 11 is 0. The van der Waals surface area contributed by atoms with Gasteiger partial charge in [0, 0.05) is 13.3 Å². The first-order chi connectivity index (χ1) is 6.07. The zero-order valence-electron chi connectivity index (χ0n) is 8.58. The minimum atomic E-state index is -0.241. The van der Waals surface area contributed by atoms with E-state index in [9.17, 15) is 9.59 Å². The Balaban J connectivity index is 3.61. The smallest absolute Gasteiger partial charge is 0.302 e. The number of carbonyl (C=O) groups excluding carboxylic acids is 2. The van der Waals surface area contributed by atoms with E-state index in [4.69, 9.17) is 4.74 Å². The highest BCUT2D eigenvalue weighted by atomic mass is 16.5. The van der Waals surface area contributed by atoms with Crippen LogP contribution in [0.15, 0.2) is 0 Å². The van der Waals surface area contributed by atoms with Crippen molar-refractivity contribution in [1.29, 1.82) is 0 Å². The molecular formula is C10H18O3. The van der Waals surface area contributed by atoms with E-state index in [-0.39, 0.29) is 12.1 Å². The highest BCUT2D eigenvalue weighted by Crippen LogP contribution is 2.14. The molecule has 0 spiro atoms. The minimum Gasteiger partial charge on any atom is -0.463 e. The van der Waals surface area contributed by atoms with Crippen molar-refractivity contribution >= 4 is 12.3 Å². The van der Waals surface area contributed by atoms with Gasteiger partial charge < -0.3 is 9.53 Å². The van der Waals surface area contributed by atoms with E-state index in [0.29, 0.717) is 12.3 Å². The topological polar surface area (TPSA) is 43.4 Å². The molecule has 0 amide bonds. The Morgan fingerprint density at radius 3 is 2.54 bits per heavy atom. The highest BCUT2D eigenvalue weighted by molar-refractivity contribution is 5.66. The molecule has 13 heavy (non-hydrogen) atoms. The first-order valence-corrected chi connectivity index (χ1v) is 4.68. The van der Waals surface area contributed by atoms with Crippen molar-refractivity contribution in [2.45, 2.75) is 46.1 Å². The molecule has 0 bridgehead atoms. The largest absolute Gasteiger partial charge is 0.463 e. The Kier molecular flexibility index (Phi) is 6.20. The molecule has 0 aromatic rings. The van der Waals surface area contributed by atoms with Crippen LogP contribution in [0, 0.1) is 5.92 Å². The van der Waals surface area contributed by atoms with Gasteiger partial charge >= 0.3 is 5.97 Å². The lowest BCUT2D eigenvalue weighted by Crippen LogP contribution is -2.20. The summed E-state index contributed by atoms with van der Waals surface area (Å²) in [6.07, 6.45) is 3.26. The van der Waals surface area contributed by atoms with Gasteiger partial charge in [-0.15, -0.1) is 0 Å². The molecule has 0 aliphatic heterocycles. The number of hydrogen-bond acceptors (Lipinski definition) is 3. The van der Waals surface area contributed by atoms with Crippen molar-refractivity contribution in [1.82, 2.24) is 0 Å². The fraction of sp³-hybridized carbons (Fsp3) is 0.800. The number of carbonyl (C=O) groups is 2. The first kappa shape index (κ1) is 12.1. The Labute approximate surface area is 79.5 Å². The summed E-state index contributed by atoms with van der Waals surface area (Å²) in [5.41, 5.74) is 0. The van der Waals surface area contributed by atoms with Gasteiger partial charge in [0.2, 0.25) is 0 Å². The zero-order valence-corrected chi connectivity index (χ0v) is 8.58. The Hall–Kier alpha value is -0.860. The Bertz CT molecular complexity index is 166. The maximum Gasteiger partial charge on any atom is 0.302 e. The van der Waals surface area contributed by atoms with E-state index in [1.807, 2.05) is 13.8 Å². The molecule has 0 N–H and O–H groups in total. The Morgan fingerprint density at radius 2 is 2.08 bits per heavy atom. The molecule has 76 valence electrons. The molecule has 0 heterocycles. The van der Waals surface area contributed by atoms with Crippen LogP contribution in [-0.4, -0.2) is 18.4 Å². The molecule has 3 heteroatoms. The normalized spacial score (nSPS) is 14.7.